The maximum atomic E-state index is 9.65. The Morgan fingerprint density at radius 2 is 0.653 bits per heavy atom. The molecule has 12 aromatic rings. The monoisotopic (exact) mass is 1240 g/mol. The predicted octanol–water partition coefficient (Wildman–Crippen LogP) is 23.3. The van der Waals surface area contributed by atoms with Gasteiger partial charge in [0.15, 0.2) is 0 Å². The van der Waals surface area contributed by atoms with E-state index in [0.717, 1.165) is 123 Å². The summed E-state index contributed by atoms with van der Waals surface area (Å²) in [5, 5.41) is 0. The molecule has 470 valence electrons. The van der Waals surface area contributed by atoms with Crippen molar-refractivity contribution >= 4 is 57.2 Å². The van der Waals surface area contributed by atoms with Gasteiger partial charge in [0.2, 0.25) is 0 Å². The molecule has 14 rings (SSSR count). The van der Waals surface area contributed by atoms with Crippen LogP contribution in [0.25, 0.3) is 78.0 Å². The number of hydrogen-bond acceptors (Lipinski definition) is 3. The molecule has 4 heteroatoms. The van der Waals surface area contributed by atoms with Crippen molar-refractivity contribution < 1.29 is 13.7 Å². The minimum absolute atomic E-state index is 0.0582. The average Bonchev–Trinajstić information content (AvgIpc) is 0.686. The molecule has 0 atom stereocenters. The Morgan fingerprint density at radius 1 is 0.295 bits per heavy atom. The highest BCUT2D eigenvalue weighted by Crippen LogP contribution is 2.56. The normalized spacial score (nSPS) is 14.6. The lowest BCUT2D eigenvalue weighted by Gasteiger charge is -2.46. The lowest BCUT2D eigenvalue weighted by molar-refractivity contribution is 0.569. The third-order valence-electron chi connectivity index (χ3n) is 19.1. The molecule has 0 radical (unpaired) electrons. The van der Waals surface area contributed by atoms with Gasteiger partial charge >= 0.3 is 0 Å². The molecule has 0 N–H and O–H groups in total. The minimum Gasteiger partial charge on any atom is -0.310 e. The highest BCUT2D eigenvalue weighted by Gasteiger charge is 2.46. The summed E-state index contributed by atoms with van der Waals surface area (Å²) < 4.78 is 92.7. The van der Waals surface area contributed by atoms with Crippen molar-refractivity contribution in [2.75, 3.05) is 9.80 Å². The third kappa shape index (κ3) is 11.7. The Morgan fingerprint density at radius 3 is 1.04 bits per heavy atom. The zero-order valence-electron chi connectivity index (χ0n) is 67.5. The van der Waals surface area contributed by atoms with Crippen molar-refractivity contribution in [3.8, 4) is 78.0 Å². The van der Waals surface area contributed by atoms with Crippen LogP contribution in [0.3, 0.4) is 0 Å². The molecule has 1 aromatic heterocycles. The first-order valence-corrected chi connectivity index (χ1v) is 33.3. The molecule has 0 unspecified atom stereocenters. The molecule has 0 saturated heterocycles. The summed E-state index contributed by atoms with van der Waals surface area (Å²) in [5.41, 5.74) is 21.1. The van der Waals surface area contributed by atoms with Gasteiger partial charge < -0.3 is 9.80 Å². The van der Waals surface area contributed by atoms with Gasteiger partial charge in [0, 0.05) is 56.1 Å². The van der Waals surface area contributed by atoms with Crippen LogP contribution in [0, 0.1) is 0 Å². The second kappa shape index (κ2) is 23.6. The van der Waals surface area contributed by atoms with Gasteiger partial charge in [0.25, 0.3) is 6.71 Å². The molecule has 3 heterocycles. The molecule has 0 saturated carbocycles. The maximum Gasteiger partial charge on any atom is 0.252 e. The van der Waals surface area contributed by atoms with Crippen molar-refractivity contribution in [1.29, 1.82) is 0 Å². The molecule has 3 nitrogen and oxygen atoms in total. The van der Waals surface area contributed by atoms with Gasteiger partial charge in [-0.3, -0.25) is 4.98 Å². The molecule has 0 amide bonds. The van der Waals surface area contributed by atoms with E-state index in [0.29, 0.717) is 22.5 Å². The van der Waals surface area contributed by atoms with E-state index in [1.54, 1.807) is 0 Å². The van der Waals surface area contributed by atoms with Gasteiger partial charge in [0.1, 0.15) is 0 Å². The zero-order chi connectivity index (χ0) is 75.2. The lowest BCUT2D eigenvalue weighted by Crippen LogP contribution is -2.61. The first kappa shape index (κ1) is 51.6. The van der Waals surface area contributed by atoms with E-state index in [-0.39, 0.29) is 62.4 Å². The SMILES string of the molecule is [2H]c1c([2H])c([2H])c(-c2ccc3c(c2)N(c2c(-c4ccccc4)cc(C(C)(C)C)cc2-c2ccccc2)c2cc(-c4cc(C(C)(C)C)cc(C(C)(C)C)c4)cc4c2B3c2ccc(-c3c([2H])c([2H])c([2H])c([2H])c3[2H])cc2N4c2c(-c3ccccc3)cc(C(C)(C)C)cc2-c2cccc(C(C)(C)C)n2)c([2H])c1[2H]. The van der Waals surface area contributed by atoms with Crippen LogP contribution in [-0.4, -0.2) is 11.7 Å². The summed E-state index contributed by atoms with van der Waals surface area (Å²) in [4.78, 5) is 10.5. The second-order valence-corrected chi connectivity index (χ2v) is 31.0. The summed E-state index contributed by atoms with van der Waals surface area (Å²) in [6, 6.07) is 66.7. The van der Waals surface area contributed by atoms with Crippen LogP contribution < -0.4 is 26.2 Å². The molecular weight excluding hydrogens is 1150 g/mol. The van der Waals surface area contributed by atoms with Gasteiger partial charge in [-0.25, -0.2) is 0 Å². The number of anilines is 6. The molecule has 2 aliphatic heterocycles. The number of hydrogen-bond donors (Lipinski definition) is 0. The predicted molar refractivity (Wildman–Crippen MR) is 410 cm³/mol. The standard InChI is InChI=1S/C91H88BN3/c1-87(2,3)68-48-66(49-69(54-68)88(4,5)6)67-52-81-84-82(53-67)95(86-74(63-40-29-20-30-41-63)57-71(90(10,11)12)58-75(86)78-42-31-43-83(93-78)91(13,14)15)80-51-65(60-34-23-17-24-35-60)45-47-77(80)92(84)76-46-44-64(59-32-21-16-22-33-59)50-79(76)94(81)85-72(61-36-25-18-26-37-61)55-70(89(7,8)9)56-73(85)62-38-27-19-28-39-62/h16-58H,1-15H3/i16D,17D,21D,22D,23D,24D,32D,33D,34D,35D. The van der Waals surface area contributed by atoms with E-state index in [1.807, 2.05) is 42.5 Å². The number of rotatable bonds is 9. The zero-order valence-corrected chi connectivity index (χ0v) is 57.5. The van der Waals surface area contributed by atoms with Gasteiger partial charge in [0.05, 0.1) is 30.8 Å². The van der Waals surface area contributed by atoms with Gasteiger partial charge in [-0.05, 0) is 171 Å². The van der Waals surface area contributed by atoms with Crippen molar-refractivity contribution in [1.82, 2.24) is 4.98 Å². The summed E-state index contributed by atoms with van der Waals surface area (Å²) in [6.45, 7) is 32.9. The highest BCUT2D eigenvalue weighted by atomic mass is 15.2. The number of nitrogens with zero attached hydrogens (tertiary/aromatic N) is 3. The van der Waals surface area contributed by atoms with Crippen LogP contribution in [0.15, 0.2) is 261 Å². The van der Waals surface area contributed by atoms with Crippen molar-refractivity contribution in [3.05, 3.63) is 289 Å². The fourth-order valence-corrected chi connectivity index (χ4v) is 13.7. The van der Waals surface area contributed by atoms with E-state index in [2.05, 4.69) is 271 Å². The number of pyridine rings is 1. The Hall–Kier alpha value is -9.77. The smallest absolute Gasteiger partial charge is 0.252 e. The van der Waals surface area contributed by atoms with E-state index in [4.69, 9.17) is 13.2 Å². The Kier molecular flexibility index (Phi) is 12.8. The fraction of sp³-hybridized carbons (Fsp3) is 0.220. The quantitative estimate of drug-likeness (QED) is 0.134. The summed E-state index contributed by atoms with van der Waals surface area (Å²) in [7, 11) is 0. The maximum absolute atomic E-state index is 9.65. The van der Waals surface area contributed by atoms with Gasteiger partial charge in [-0.2, -0.15) is 0 Å². The van der Waals surface area contributed by atoms with Crippen LogP contribution in [0.1, 0.15) is 146 Å². The van der Waals surface area contributed by atoms with Crippen LogP contribution in [-0.2, 0) is 27.1 Å². The lowest BCUT2D eigenvalue weighted by atomic mass is 9.33. The minimum atomic E-state index is -0.634. The van der Waals surface area contributed by atoms with Crippen LogP contribution in [0.2, 0.25) is 0 Å². The fourth-order valence-electron chi connectivity index (χ4n) is 13.7. The molecule has 2 aliphatic rings. The van der Waals surface area contributed by atoms with E-state index in [1.165, 1.54) is 0 Å². The molecule has 95 heavy (non-hydrogen) atoms. The molecular formula is C91H88BN3. The molecule has 0 spiro atoms. The van der Waals surface area contributed by atoms with Crippen molar-refractivity contribution in [3.63, 3.8) is 0 Å². The van der Waals surface area contributed by atoms with E-state index >= 15 is 0 Å². The topological polar surface area (TPSA) is 19.4 Å². The Bertz CT molecular complexity index is 5370. The first-order chi connectivity index (χ1) is 49.4. The van der Waals surface area contributed by atoms with Crippen molar-refractivity contribution in [2.45, 2.75) is 131 Å². The number of aromatic nitrogens is 1. The van der Waals surface area contributed by atoms with E-state index in [9.17, 15) is 5.48 Å². The highest BCUT2D eigenvalue weighted by molar-refractivity contribution is 7.00. The number of fused-ring (bicyclic) bond motifs is 4. The van der Waals surface area contributed by atoms with E-state index < -0.39 is 43.0 Å². The molecule has 0 fully saturated rings. The van der Waals surface area contributed by atoms with Crippen LogP contribution in [0.5, 0.6) is 0 Å². The summed E-state index contributed by atoms with van der Waals surface area (Å²) in [5.74, 6) is 0. The largest absolute Gasteiger partial charge is 0.310 e. The average molecular weight is 1240 g/mol. The Balaban J connectivity index is 1.26. The van der Waals surface area contributed by atoms with Gasteiger partial charge in [-0.15, -0.1) is 0 Å². The van der Waals surface area contributed by atoms with Crippen LogP contribution in [0.4, 0.5) is 34.1 Å². The second-order valence-electron chi connectivity index (χ2n) is 31.0. The van der Waals surface area contributed by atoms with Crippen LogP contribution >= 0.6 is 0 Å². The molecule has 11 aromatic carbocycles. The molecule has 0 aliphatic carbocycles. The Labute approximate surface area is 580 Å². The van der Waals surface area contributed by atoms with Gasteiger partial charge in [-0.1, -0.05) is 304 Å². The molecule has 0 bridgehead atoms. The third-order valence-corrected chi connectivity index (χ3v) is 19.1. The first-order valence-electron chi connectivity index (χ1n) is 38.3. The number of benzene rings is 11. The summed E-state index contributed by atoms with van der Waals surface area (Å²) >= 11 is 0. The summed E-state index contributed by atoms with van der Waals surface area (Å²) in [6.07, 6.45) is 0. The van der Waals surface area contributed by atoms with Crippen molar-refractivity contribution in [2.24, 2.45) is 0 Å².